The monoisotopic (exact) mass is 565 g/mol. The number of hydrogen-bond donors (Lipinski definition) is 0. The van der Waals surface area contributed by atoms with Crippen LogP contribution in [0.25, 0.3) is 0 Å². The number of hydrogen-bond acceptors (Lipinski definition) is 4. The zero-order valence-electron chi connectivity index (χ0n) is 21.8. The number of alkyl halides is 6. The number of carbonyl (C=O) groups excluding carboxylic acids is 1. The Hall–Kier alpha value is -3.60. The molecule has 1 saturated heterocycles. The number of methoxy groups -OCH3 is 1. The van der Waals surface area contributed by atoms with Crippen molar-refractivity contribution in [1.82, 2.24) is 14.8 Å². The molecule has 11 heteroatoms. The Morgan fingerprint density at radius 1 is 0.950 bits per heavy atom. The number of pyridine rings is 1. The maximum atomic E-state index is 13.6. The third-order valence-corrected chi connectivity index (χ3v) is 6.96. The molecule has 1 amide bonds. The number of amides is 1. The zero-order chi connectivity index (χ0) is 28.9. The summed E-state index contributed by atoms with van der Waals surface area (Å²) in [6, 6.07) is 11.0. The van der Waals surface area contributed by atoms with Crippen LogP contribution in [0.2, 0.25) is 0 Å². The Labute approximate surface area is 228 Å². The van der Waals surface area contributed by atoms with E-state index in [4.69, 9.17) is 4.74 Å². The van der Waals surface area contributed by atoms with Crippen LogP contribution in [0.1, 0.15) is 39.0 Å². The lowest BCUT2D eigenvalue weighted by Gasteiger charge is -2.42. The summed E-state index contributed by atoms with van der Waals surface area (Å²) >= 11 is 0. The van der Waals surface area contributed by atoms with Crippen LogP contribution in [-0.4, -0.2) is 60.0 Å². The number of nitrogens with zero attached hydrogens (tertiary/aromatic N) is 3. The number of piperazine rings is 1. The van der Waals surface area contributed by atoms with Gasteiger partial charge in [-0.25, -0.2) is 0 Å². The van der Waals surface area contributed by atoms with Gasteiger partial charge in [0.15, 0.2) is 0 Å². The van der Waals surface area contributed by atoms with Crippen molar-refractivity contribution in [3.05, 3.63) is 94.8 Å². The molecule has 0 unspecified atom stereocenters. The van der Waals surface area contributed by atoms with Crippen molar-refractivity contribution in [2.24, 2.45) is 0 Å². The summed E-state index contributed by atoms with van der Waals surface area (Å²) in [7, 11) is 1.22. The molecule has 0 bridgehead atoms. The van der Waals surface area contributed by atoms with Crippen LogP contribution in [0.3, 0.4) is 0 Å². The van der Waals surface area contributed by atoms with E-state index in [0.717, 1.165) is 49.2 Å². The summed E-state index contributed by atoms with van der Waals surface area (Å²) in [5, 5.41) is 0. The normalized spacial score (nSPS) is 16.7. The van der Waals surface area contributed by atoms with Crippen LogP contribution in [0.15, 0.2) is 67.0 Å². The van der Waals surface area contributed by atoms with Gasteiger partial charge in [-0.2, -0.15) is 26.3 Å². The van der Waals surface area contributed by atoms with Crippen LogP contribution in [0, 0.1) is 0 Å². The SMILES string of the molecule is COc1cc(C(=O)N2CCN(CCCc3cccnc3)C[C@H]2Cc2ccc(C(F)(F)F)cc2)cc(C(F)(F)F)c1. The Bertz CT molecular complexity index is 1280. The quantitative estimate of drug-likeness (QED) is 0.309. The van der Waals surface area contributed by atoms with Gasteiger partial charge in [-0.15, -0.1) is 0 Å². The van der Waals surface area contributed by atoms with Crippen molar-refractivity contribution in [1.29, 1.82) is 0 Å². The molecule has 0 aliphatic carbocycles. The second-order valence-corrected chi connectivity index (χ2v) is 9.76. The van der Waals surface area contributed by atoms with Crippen LogP contribution >= 0.6 is 0 Å². The van der Waals surface area contributed by atoms with E-state index in [9.17, 15) is 31.1 Å². The van der Waals surface area contributed by atoms with Crippen molar-refractivity contribution in [2.45, 2.75) is 37.7 Å². The Kier molecular flexibility index (Phi) is 9.02. The lowest BCUT2D eigenvalue weighted by molar-refractivity contribution is -0.138. The standard InChI is InChI=1S/C29H29F6N3O2/c1-40-26-16-22(15-24(17-26)29(33,34)35)27(39)38-13-12-37(11-3-5-21-4-2-10-36-18-21)19-25(38)14-20-6-8-23(9-7-20)28(30,31)32/h2,4,6-10,15-18,25H,3,5,11-14,19H2,1H3/t25-/m1/s1. The Balaban J connectivity index is 1.55. The molecule has 0 radical (unpaired) electrons. The van der Waals surface area contributed by atoms with Gasteiger partial charge in [0.05, 0.1) is 18.2 Å². The molecule has 40 heavy (non-hydrogen) atoms. The summed E-state index contributed by atoms with van der Waals surface area (Å²) in [6.45, 7) is 1.92. The van der Waals surface area contributed by atoms with Gasteiger partial charge in [0.2, 0.25) is 0 Å². The van der Waals surface area contributed by atoms with E-state index >= 15 is 0 Å². The van der Waals surface area contributed by atoms with E-state index in [-0.39, 0.29) is 24.3 Å². The lowest BCUT2D eigenvalue weighted by atomic mass is 9.99. The molecule has 1 aromatic heterocycles. The minimum absolute atomic E-state index is 0.0912. The predicted octanol–water partition coefficient (Wildman–Crippen LogP) is 6.13. The van der Waals surface area contributed by atoms with Gasteiger partial charge in [0.25, 0.3) is 5.91 Å². The van der Waals surface area contributed by atoms with E-state index in [2.05, 4.69) is 9.88 Å². The number of carbonyl (C=O) groups is 1. The highest BCUT2D eigenvalue weighted by Crippen LogP contribution is 2.34. The van der Waals surface area contributed by atoms with Gasteiger partial charge >= 0.3 is 12.4 Å². The van der Waals surface area contributed by atoms with Crippen molar-refractivity contribution in [2.75, 3.05) is 33.3 Å². The average Bonchev–Trinajstić information content (AvgIpc) is 2.92. The molecule has 1 aliphatic heterocycles. The second-order valence-electron chi connectivity index (χ2n) is 9.76. The van der Waals surface area contributed by atoms with Gasteiger partial charge in [0, 0.05) is 43.6 Å². The van der Waals surface area contributed by atoms with Crippen LogP contribution in [0.5, 0.6) is 5.75 Å². The van der Waals surface area contributed by atoms with Gasteiger partial charge in [-0.05, 0) is 73.3 Å². The number of rotatable bonds is 8. The fourth-order valence-electron chi connectivity index (χ4n) is 4.89. The van der Waals surface area contributed by atoms with E-state index < -0.39 is 35.4 Å². The smallest absolute Gasteiger partial charge is 0.416 e. The first-order valence-corrected chi connectivity index (χ1v) is 12.8. The third-order valence-electron chi connectivity index (χ3n) is 6.96. The zero-order valence-corrected chi connectivity index (χ0v) is 21.8. The topological polar surface area (TPSA) is 45.7 Å². The molecule has 0 N–H and O–H groups in total. The van der Waals surface area contributed by atoms with E-state index in [0.29, 0.717) is 18.7 Å². The van der Waals surface area contributed by atoms with Crippen molar-refractivity contribution >= 4 is 5.91 Å². The molecular formula is C29H29F6N3O2. The van der Waals surface area contributed by atoms with E-state index in [1.807, 2.05) is 12.1 Å². The van der Waals surface area contributed by atoms with Crippen LogP contribution < -0.4 is 4.74 Å². The van der Waals surface area contributed by atoms with Gasteiger partial charge in [0.1, 0.15) is 5.75 Å². The Morgan fingerprint density at radius 2 is 1.68 bits per heavy atom. The molecule has 1 atom stereocenters. The van der Waals surface area contributed by atoms with Gasteiger partial charge < -0.3 is 9.64 Å². The second kappa shape index (κ2) is 12.3. The summed E-state index contributed by atoms with van der Waals surface area (Å²) in [5.41, 5.74) is -0.246. The molecule has 0 spiro atoms. The molecule has 1 fully saturated rings. The minimum Gasteiger partial charge on any atom is -0.497 e. The highest BCUT2D eigenvalue weighted by atomic mass is 19.4. The largest absolute Gasteiger partial charge is 0.497 e. The fourth-order valence-corrected chi connectivity index (χ4v) is 4.89. The average molecular weight is 566 g/mol. The fraction of sp³-hybridized carbons (Fsp3) is 0.379. The molecule has 0 saturated carbocycles. The molecule has 1 aliphatic rings. The number of ether oxygens (including phenoxy) is 1. The maximum Gasteiger partial charge on any atom is 0.416 e. The molecule has 2 aromatic carbocycles. The van der Waals surface area contributed by atoms with Crippen molar-refractivity contribution in [3.63, 3.8) is 0 Å². The first-order valence-electron chi connectivity index (χ1n) is 12.8. The molecule has 3 aromatic rings. The first kappa shape index (κ1) is 29.4. The van der Waals surface area contributed by atoms with E-state index in [1.165, 1.54) is 30.2 Å². The molecule has 5 nitrogen and oxygen atoms in total. The summed E-state index contributed by atoms with van der Waals surface area (Å²) in [6.07, 6.45) is -3.76. The molecule has 4 rings (SSSR count). The number of halogens is 6. The highest BCUT2D eigenvalue weighted by Gasteiger charge is 2.35. The Morgan fingerprint density at radius 3 is 2.30 bits per heavy atom. The first-order chi connectivity index (χ1) is 18.9. The third kappa shape index (κ3) is 7.53. The van der Waals surface area contributed by atoms with Gasteiger partial charge in [-0.3, -0.25) is 14.7 Å². The summed E-state index contributed by atoms with van der Waals surface area (Å²) < 4.78 is 84.6. The summed E-state index contributed by atoms with van der Waals surface area (Å²) in [4.78, 5) is 21.4. The molecule has 214 valence electrons. The predicted molar refractivity (Wildman–Crippen MR) is 137 cm³/mol. The summed E-state index contributed by atoms with van der Waals surface area (Å²) in [5.74, 6) is -0.678. The number of aryl methyl sites for hydroxylation is 1. The number of benzene rings is 2. The maximum absolute atomic E-state index is 13.6. The highest BCUT2D eigenvalue weighted by molar-refractivity contribution is 5.95. The lowest BCUT2D eigenvalue weighted by Crippen LogP contribution is -2.56. The van der Waals surface area contributed by atoms with Crippen molar-refractivity contribution in [3.8, 4) is 5.75 Å². The molecular weight excluding hydrogens is 536 g/mol. The molecule has 2 heterocycles. The minimum atomic E-state index is -4.67. The number of aromatic nitrogens is 1. The van der Waals surface area contributed by atoms with Crippen LogP contribution in [0.4, 0.5) is 26.3 Å². The van der Waals surface area contributed by atoms with Gasteiger partial charge in [-0.1, -0.05) is 18.2 Å². The van der Waals surface area contributed by atoms with Crippen molar-refractivity contribution < 1.29 is 35.9 Å². The van der Waals surface area contributed by atoms with E-state index in [1.54, 1.807) is 12.4 Å². The van der Waals surface area contributed by atoms with Crippen LogP contribution in [-0.2, 0) is 25.2 Å².